The third kappa shape index (κ3) is 4.27. The van der Waals surface area contributed by atoms with Crippen molar-refractivity contribution in [3.8, 4) is 0 Å². The van der Waals surface area contributed by atoms with E-state index >= 15 is 0 Å². The fourth-order valence-corrected chi connectivity index (χ4v) is 2.84. The van der Waals surface area contributed by atoms with Crippen LogP contribution < -0.4 is 10.6 Å². The van der Waals surface area contributed by atoms with Crippen LogP contribution >= 0.6 is 0 Å². The first kappa shape index (κ1) is 15.5. The minimum Gasteiger partial charge on any atom is -0.359 e. The molecular weight excluding hydrogens is 224 g/mol. The Morgan fingerprint density at radius 2 is 2.00 bits per heavy atom. The Balaban J connectivity index is 2.41. The molecule has 0 spiro atoms. The molecular formula is C15H30N2O. The van der Waals surface area contributed by atoms with Crippen molar-refractivity contribution >= 4 is 5.91 Å². The van der Waals surface area contributed by atoms with Crippen molar-refractivity contribution in [2.24, 2.45) is 17.3 Å². The third-order valence-electron chi connectivity index (χ3n) is 4.33. The van der Waals surface area contributed by atoms with Gasteiger partial charge in [0, 0.05) is 19.6 Å². The van der Waals surface area contributed by atoms with Gasteiger partial charge in [0.05, 0.1) is 5.41 Å². The van der Waals surface area contributed by atoms with Gasteiger partial charge in [-0.15, -0.1) is 0 Å². The van der Waals surface area contributed by atoms with Gasteiger partial charge in [0.2, 0.25) is 5.91 Å². The molecule has 1 fully saturated rings. The lowest BCUT2D eigenvalue weighted by atomic mass is 9.79. The molecule has 0 aliphatic heterocycles. The zero-order chi connectivity index (χ0) is 13.8. The van der Waals surface area contributed by atoms with Crippen LogP contribution in [0.5, 0.6) is 0 Å². The molecule has 2 unspecified atom stereocenters. The second-order valence-corrected chi connectivity index (χ2v) is 6.71. The standard InChI is InChI=1S/C15H30N2O/c1-11(2)12-7-6-8-13(9-12)17-10-15(3,4)14(18)16-5/h11-13,17H,6-10H2,1-5H3,(H,16,18). The van der Waals surface area contributed by atoms with Gasteiger partial charge in [-0.05, 0) is 38.5 Å². The zero-order valence-electron chi connectivity index (χ0n) is 12.7. The molecule has 0 aromatic heterocycles. The second-order valence-electron chi connectivity index (χ2n) is 6.71. The molecule has 2 atom stereocenters. The lowest BCUT2D eigenvalue weighted by molar-refractivity contribution is -0.128. The molecule has 0 saturated heterocycles. The Labute approximate surface area is 112 Å². The van der Waals surface area contributed by atoms with E-state index in [9.17, 15) is 4.79 Å². The van der Waals surface area contributed by atoms with Crippen molar-refractivity contribution in [2.45, 2.75) is 59.4 Å². The van der Waals surface area contributed by atoms with Crippen LogP contribution in [0, 0.1) is 17.3 Å². The highest BCUT2D eigenvalue weighted by Gasteiger charge is 2.29. The Kier molecular flexibility index (Phi) is 5.64. The van der Waals surface area contributed by atoms with Crippen molar-refractivity contribution in [2.75, 3.05) is 13.6 Å². The summed E-state index contributed by atoms with van der Waals surface area (Å²) in [6.07, 6.45) is 5.21. The van der Waals surface area contributed by atoms with E-state index in [0.717, 1.165) is 18.4 Å². The van der Waals surface area contributed by atoms with E-state index in [0.29, 0.717) is 6.04 Å². The zero-order valence-corrected chi connectivity index (χ0v) is 12.7. The van der Waals surface area contributed by atoms with Gasteiger partial charge in [-0.2, -0.15) is 0 Å². The third-order valence-corrected chi connectivity index (χ3v) is 4.33. The van der Waals surface area contributed by atoms with Gasteiger partial charge < -0.3 is 10.6 Å². The number of rotatable bonds is 5. The molecule has 3 nitrogen and oxygen atoms in total. The van der Waals surface area contributed by atoms with Crippen LogP contribution in [0.15, 0.2) is 0 Å². The van der Waals surface area contributed by atoms with Gasteiger partial charge in [0.25, 0.3) is 0 Å². The van der Waals surface area contributed by atoms with E-state index in [2.05, 4.69) is 24.5 Å². The highest BCUT2D eigenvalue weighted by Crippen LogP contribution is 2.30. The van der Waals surface area contributed by atoms with Crippen LogP contribution in [0.25, 0.3) is 0 Å². The van der Waals surface area contributed by atoms with Gasteiger partial charge in [0.1, 0.15) is 0 Å². The van der Waals surface area contributed by atoms with Crippen molar-refractivity contribution < 1.29 is 4.79 Å². The number of carbonyl (C=O) groups excluding carboxylic acids is 1. The summed E-state index contributed by atoms with van der Waals surface area (Å²) in [7, 11) is 1.71. The van der Waals surface area contributed by atoms with Gasteiger partial charge in [0.15, 0.2) is 0 Å². The van der Waals surface area contributed by atoms with Crippen LogP contribution in [-0.4, -0.2) is 25.5 Å². The molecule has 0 radical (unpaired) electrons. The fraction of sp³-hybridized carbons (Fsp3) is 0.933. The molecule has 0 bridgehead atoms. The van der Waals surface area contributed by atoms with E-state index in [1.54, 1.807) is 7.05 Å². The van der Waals surface area contributed by atoms with Crippen molar-refractivity contribution in [3.63, 3.8) is 0 Å². The molecule has 1 saturated carbocycles. The van der Waals surface area contributed by atoms with Crippen LogP contribution in [0.4, 0.5) is 0 Å². The van der Waals surface area contributed by atoms with Gasteiger partial charge >= 0.3 is 0 Å². The summed E-state index contributed by atoms with van der Waals surface area (Å²) in [4.78, 5) is 11.7. The number of hydrogen-bond donors (Lipinski definition) is 2. The summed E-state index contributed by atoms with van der Waals surface area (Å²) >= 11 is 0. The van der Waals surface area contributed by atoms with E-state index in [4.69, 9.17) is 0 Å². The lowest BCUT2D eigenvalue weighted by Gasteiger charge is -2.34. The Bertz CT molecular complexity index is 274. The maximum atomic E-state index is 11.7. The molecule has 1 rings (SSSR count). The molecule has 1 amide bonds. The fourth-order valence-electron chi connectivity index (χ4n) is 2.84. The molecule has 1 aliphatic rings. The van der Waals surface area contributed by atoms with E-state index in [1.807, 2.05) is 13.8 Å². The van der Waals surface area contributed by atoms with Crippen molar-refractivity contribution in [3.05, 3.63) is 0 Å². The first-order chi connectivity index (χ1) is 8.36. The van der Waals surface area contributed by atoms with Crippen LogP contribution in [-0.2, 0) is 4.79 Å². The second kappa shape index (κ2) is 6.55. The highest BCUT2D eigenvalue weighted by atomic mass is 16.2. The normalized spacial score (nSPS) is 25.2. The predicted molar refractivity (Wildman–Crippen MR) is 76.4 cm³/mol. The molecule has 18 heavy (non-hydrogen) atoms. The van der Waals surface area contributed by atoms with Crippen LogP contribution in [0.2, 0.25) is 0 Å². The molecule has 2 N–H and O–H groups in total. The summed E-state index contributed by atoms with van der Waals surface area (Å²) < 4.78 is 0. The monoisotopic (exact) mass is 254 g/mol. The first-order valence-electron chi connectivity index (χ1n) is 7.32. The lowest BCUT2D eigenvalue weighted by Crippen LogP contribution is -2.46. The van der Waals surface area contributed by atoms with Gasteiger partial charge in [-0.25, -0.2) is 0 Å². The minimum absolute atomic E-state index is 0.117. The average Bonchev–Trinajstić information content (AvgIpc) is 2.35. The summed E-state index contributed by atoms with van der Waals surface area (Å²) in [5, 5.41) is 6.34. The summed E-state index contributed by atoms with van der Waals surface area (Å²) in [5.74, 6) is 1.74. The quantitative estimate of drug-likeness (QED) is 0.791. The number of amides is 1. The predicted octanol–water partition coefficient (Wildman–Crippen LogP) is 2.56. The van der Waals surface area contributed by atoms with Gasteiger partial charge in [-0.1, -0.05) is 26.7 Å². The smallest absolute Gasteiger partial charge is 0.226 e. The highest BCUT2D eigenvalue weighted by molar-refractivity contribution is 5.81. The van der Waals surface area contributed by atoms with E-state index < -0.39 is 0 Å². The maximum Gasteiger partial charge on any atom is 0.226 e. The van der Waals surface area contributed by atoms with Crippen molar-refractivity contribution in [1.82, 2.24) is 10.6 Å². The number of hydrogen-bond acceptors (Lipinski definition) is 2. The summed E-state index contributed by atoms with van der Waals surface area (Å²) in [6, 6.07) is 0.593. The van der Waals surface area contributed by atoms with Gasteiger partial charge in [-0.3, -0.25) is 4.79 Å². The van der Waals surface area contributed by atoms with E-state index in [-0.39, 0.29) is 11.3 Å². The van der Waals surface area contributed by atoms with Crippen LogP contribution in [0.3, 0.4) is 0 Å². The summed E-state index contributed by atoms with van der Waals surface area (Å²) in [6.45, 7) is 9.41. The van der Waals surface area contributed by atoms with E-state index in [1.165, 1.54) is 25.7 Å². The molecule has 0 aromatic carbocycles. The first-order valence-corrected chi connectivity index (χ1v) is 7.32. The average molecular weight is 254 g/mol. The molecule has 106 valence electrons. The maximum absolute atomic E-state index is 11.7. The topological polar surface area (TPSA) is 41.1 Å². The SMILES string of the molecule is CNC(=O)C(C)(C)CNC1CCCC(C(C)C)C1. The molecule has 0 heterocycles. The van der Waals surface area contributed by atoms with Crippen molar-refractivity contribution in [1.29, 1.82) is 0 Å². The Morgan fingerprint density at radius 3 is 2.56 bits per heavy atom. The number of nitrogens with one attached hydrogen (secondary N) is 2. The number of carbonyl (C=O) groups is 1. The Hall–Kier alpha value is -0.570. The molecule has 3 heteroatoms. The largest absolute Gasteiger partial charge is 0.359 e. The Morgan fingerprint density at radius 1 is 1.33 bits per heavy atom. The molecule has 0 aromatic rings. The van der Waals surface area contributed by atoms with Crippen LogP contribution in [0.1, 0.15) is 53.4 Å². The molecule has 1 aliphatic carbocycles. The minimum atomic E-state index is -0.320. The summed E-state index contributed by atoms with van der Waals surface area (Å²) in [5.41, 5.74) is -0.320.